The average Bonchev–Trinajstić information content (AvgIpc) is 3.52. The van der Waals surface area contributed by atoms with Gasteiger partial charge in [0.1, 0.15) is 0 Å². The average molecular weight is 602 g/mol. The number of thiophene rings is 1. The molecule has 38 heavy (non-hydrogen) atoms. The van der Waals surface area contributed by atoms with Crippen molar-refractivity contribution in [2.75, 3.05) is 7.05 Å². The van der Waals surface area contributed by atoms with E-state index < -0.39 is 0 Å². The second-order valence-corrected chi connectivity index (χ2v) is 11.0. The van der Waals surface area contributed by atoms with Crippen LogP contribution < -0.4 is 0 Å². The Kier molecular flexibility index (Phi) is 7.00. The molecule has 0 fully saturated rings. The number of nitrogens with one attached hydrogen (secondary N) is 1. The number of aromatic amines is 1. The molecule has 1 N–H and O–H groups in total. The van der Waals surface area contributed by atoms with Gasteiger partial charge in [-0.2, -0.15) is 4.90 Å². The van der Waals surface area contributed by atoms with E-state index in [0.29, 0.717) is 0 Å². The van der Waals surface area contributed by atoms with Gasteiger partial charge in [0.15, 0.2) is 0 Å². The van der Waals surface area contributed by atoms with Crippen LogP contribution in [0.1, 0.15) is 11.3 Å². The topological polar surface area (TPSA) is 29.9 Å². The number of hydrogen-bond acceptors (Lipinski definition) is 2. The Labute approximate surface area is 256 Å². The smallest absolute Gasteiger partial charge is 0.0469 e. The Bertz CT molecular complexity index is 1950. The Balaban J connectivity index is 0.000000141. The summed E-state index contributed by atoms with van der Waals surface area (Å²) in [5.41, 5.74) is 7.89. The van der Waals surface area contributed by atoms with Crippen LogP contribution in [0.2, 0.25) is 0 Å². The van der Waals surface area contributed by atoms with Crippen LogP contribution in [0, 0.1) is 0 Å². The summed E-state index contributed by atoms with van der Waals surface area (Å²) in [4.78, 5) is 4.48. The third kappa shape index (κ3) is 4.15. The number of nitrogens with zero attached hydrogens (tertiary/aromatic N) is 1. The van der Waals surface area contributed by atoms with Crippen LogP contribution in [-0.4, -0.2) is 12.0 Å². The number of benzene rings is 5. The molecule has 8 rings (SSSR count). The van der Waals surface area contributed by atoms with Crippen molar-refractivity contribution in [3.8, 4) is 11.1 Å². The summed E-state index contributed by atoms with van der Waals surface area (Å²) in [6.45, 7) is 0. The quantitative estimate of drug-likeness (QED) is 0.187. The monoisotopic (exact) mass is 601 g/mol. The molecule has 0 atom stereocenters. The first-order valence-electron chi connectivity index (χ1n) is 12.5. The van der Waals surface area contributed by atoms with E-state index in [2.05, 4.69) is 101 Å². The zero-order chi connectivity index (χ0) is 24.9. The minimum atomic E-state index is 0. The number of aromatic nitrogens is 1. The van der Waals surface area contributed by atoms with E-state index in [1.807, 2.05) is 6.07 Å². The molecular formula is C33H24N2S2Y-2. The molecule has 5 heteroatoms. The molecule has 1 radical (unpaired) electrons. The van der Waals surface area contributed by atoms with Crippen LogP contribution in [0.15, 0.2) is 102 Å². The summed E-state index contributed by atoms with van der Waals surface area (Å²) in [6.07, 6.45) is 2.24. The van der Waals surface area contributed by atoms with Gasteiger partial charge in [-0.3, -0.25) is 0 Å². The van der Waals surface area contributed by atoms with Crippen LogP contribution >= 0.6 is 11.3 Å². The molecule has 0 aliphatic heterocycles. The second kappa shape index (κ2) is 10.4. The van der Waals surface area contributed by atoms with Gasteiger partial charge in [0.2, 0.25) is 0 Å². The molecule has 183 valence electrons. The van der Waals surface area contributed by atoms with E-state index in [4.69, 9.17) is 12.6 Å². The maximum Gasteiger partial charge on any atom is 0.0469 e. The van der Waals surface area contributed by atoms with Crippen molar-refractivity contribution in [3.05, 3.63) is 114 Å². The molecule has 2 aromatic heterocycles. The maximum absolute atomic E-state index is 5.32. The predicted octanol–water partition coefficient (Wildman–Crippen LogP) is 9.68. The van der Waals surface area contributed by atoms with E-state index in [-0.39, 0.29) is 32.7 Å². The number of hydrogen-bond donors (Lipinski definition) is 1. The summed E-state index contributed by atoms with van der Waals surface area (Å²) < 4.78 is 2.55. The standard InChI is InChI=1S/C20H15N.C13H10NS2.Y/c1-3-7-15-13(5-1)9-11-17-19(15)20-16-8-4-2-6-14(16)10-12-18(20)21-17;1-14-13-9(15)6-7-11-12(13)8-4-2-3-5-10(8)16-11;/h1-9,11,21H,10,12H2;2-7,15H,1H3;/q;-1;/p-1. The van der Waals surface area contributed by atoms with Gasteiger partial charge < -0.3 is 22.9 Å². The number of rotatable bonds is 1. The molecule has 2 nitrogen and oxygen atoms in total. The van der Waals surface area contributed by atoms with Gasteiger partial charge in [-0.25, -0.2) is 0 Å². The SMILES string of the molecule is C[N-]c1c([S-])ccc2sc3ccccc3c12.[Y].c1ccc2c(c1)CCc1[nH]c3ccc4ccccc4c3c1-2. The van der Waals surface area contributed by atoms with Gasteiger partial charge in [0.25, 0.3) is 0 Å². The van der Waals surface area contributed by atoms with Crippen molar-refractivity contribution in [3.63, 3.8) is 0 Å². The maximum atomic E-state index is 5.32. The fourth-order valence-corrected chi connectivity index (χ4v) is 7.12. The molecule has 5 aromatic carbocycles. The molecule has 0 unspecified atom stereocenters. The van der Waals surface area contributed by atoms with Gasteiger partial charge in [-0.1, -0.05) is 78.9 Å². The predicted molar refractivity (Wildman–Crippen MR) is 163 cm³/mol. The zero-order valence-electron chi connectivity index (χ0n) is 21.0. The molecule has 0 amide bonds. The number of H-pyrrole nitrogens is 1. The number of aryl methyl sites for hydroxylation is 2. The Morgan fingerprint density at radius 3 is 2.37 bits per heavy atom. The Morgan fingerprint density at radius 1 is 0.737 bits per heavy atom. The molecular weight excluding hydrogens is 577 g/mol. The first-order chi connectivity index (χ1) is 18.2. The first-order valence-corrected chi connectivity index (χ1v) is 13.8. The van der Waals surface area contributed by atoms with Gasteiger partial charge in [-0.15, -0.1) is 24.1 Å². The summed E-state index contributed by atoms with van der Waals surface area (Å²) >= 11 is 7.11. The molecule has 7 aromatic rings. The molecule has 2 heterocycles. The van der Waals surface area contributed by atoms with Crippen molar-refractivity contribution in [1.82, 2.24) is 4.98 Å². The number of fused-ring (bicyclic) bond motifs is 10. The summed E-state index contributed by atoms with van der Waals surface area (Å²) in [5, 5.41) is 10.8. The van der Waals surface area contributed by atoms with E-state index in [1.54, 1.807) is 18.4 Å². The van der Waals surface area contributed by atoms with E-state index in [9.17, 15) is 0 Å². The third-order valence-electron chi connectivity index (χ3n) is 7.40. The van der Waals surface area contributed by atoms with Crippen molar-refractivity contribution in [1.29, 1.82) is 0 Å². The third-order valence-corrected chi connectivity index (χ3v) is 8.87. The molecule has 0 bridgehead atoms. The van der Waals surface area contributed by atoms with Gasteiger partial charge in [0, 0.05) is 64.3 Å². The molecule has 0 spiro atoms. The van der Waals surface area contributed by atoms with Crippen LogP contribution in [-0.2, 0) is 58.2 Å². The van der Waals surface area contributed by atoms with Gasteiger partial charge >= 0.3 is 0 Å². The molecule has 0 saturated carbocycles. The summed E-state index contributed by atoms with van der Waals surface area (Å²) in [5.74, 6) is 0. The zero-order valence-corrected chi connectivity index (χ0v) is 25.5. The Hall–Kier alpha value is -2.76. The molecule has 1 aliphatic carbocycles. The second-order valence-electron chi connectivity index (χ2n) is 9.45. The summed E-state index contributed by atoms with van der Waals surface area (Å²) in [6, 6.07) is 34.4. The van der Waals surface area contributed by atoms with Crippen molar-refractivity contribution < 1.29 is 32.7 Å². The van der Waals surface area contributed by atoms with Gasteiger partial charge in [0.05, 0.1) is 0 Å². The van der Waals surface area contributed by atoms with Crippen LogP contribution in [0.25, 0.3) is 58.3 Å². The fraction of sp³-hybridized carbons (Fsp3) is 0.0909. The van der Waals surface area contributed by atoms with Crippen LogP contribution in [0.4, 0.5) is 5.69 Å². The minimum Gasteiger partial charge on any atom is -0.781 e. The first kappa shape index (κ1) is 25.5. The van der Waals surface area contributed by atoms with Crippen LogP contribution in [0.5, 0.6) is 0 Å². The van der Waals surface area contributed by atoms with Crippen molar-refractivity contribution >= 4 is 71.5 Å². The van der Waals surface area contributed by atoms with E-state index >= 15 is 0 Å². The minimum absolute atomic E-state index is 0. The largest absolute Gasteiger partial charge is 0.781 e. The van der Waals surface area contributed by atoms with Crippen LogP contribution in [0.3, 0.4) is 0 Å². The van der Waals surface area contributed by atoms with E-state index in [0.717, 1.165) is 23.4 Å². The normalized spacial score (nSPS) is 12.0. The molecule has 1 aliphatic rings. The molecule has 0 saturated heterocycles. The van der Waals surface area contributed by atoms with E-state index in [1.165, 1.54) is 64.2 Å². The summed E-state index contributed by atoms with van der Waals surface area (Å²) in [7, 11) is 1.80. The Morgan fingerprint density at radius 2 is 1.50 bits per heavy atom. The fourth-order valence-electron chi connectivity index (χ4n) is 5.75. The van der Waals surface area contributed by atoms with Crippen molar-refractivity contribution in [2.45, 2.75) is 17.7 Å². The van der Waals surface area contributed by atoms with Gasteiger partial charge in [-0.05, 0) is 63.7 Å². The van der Waals surface area contributed by atoms with Crippen molar-refractivity contribution in [2.24, 2.45) is 0 Å².